The molecule has 0 aliphatic carbocycles. The molecule has 0 amide bonds. The van der Waals surface area contributed by atoms with Gasteiger partial charge in [-0.1, -0.05) is 0 Å². The van der Waals surface area contributed by atoms with Crippen molar-refractivity contribution in [1.82, 2.24) is 9.97 Å². The van der Waals surface area contributed by atoms with Crippen LogP contribution in [0.15, 0.2) is 18.6 Å². The summed E-state index contributed by atoms with van der Waals surface area (Å²) in [6, 6.07) is -0.409. The van der Waals surface area contributed by atoms with Crippen molar-refractivity contribution in [2.75, 3.05) is 6.61 Å². The molecule has 10 heavy (non-hydrogen) atoms. The van der Waals surface area contributed by atoms with E-state index in [4.69, 9.17) is 10.8 Å². The van der Waals surface area contributed by atoms with Crippen LogP contribution in [0.5, 0.6) is 0 Å². The molecule has 0 saturated carbocycles. The van der Waals surface area contributed by atoms with E-state index in [0.29, 0.717) is 5.69 Å². The summed E-state index contributed by atoms with van der Waals surface area (Å²) in [5.74, 6) is 0. The molecule has 3 N–H and O–H groups in total. The Bertz CT molecular complexity index is 189. The second kappa shape index (κ2) is 3.24. The number of aliphatic hydroxyl groups excluding tert-OH is 1. The van der Waals surface area contributed by atoms with Gasteiger partial charge in [-0.2, -0.15) is 0 Å². The van der Waals surface area contributed by atoms with E-state index in [1.165, 1.54) is 0 Å². The predicted octanol–water partition coefficient (Wildman–Crippen LogP) is -0.531. The molecule has 4 nitrogen and oxygen atoms in total. The van der Waals surface area contributed by atoms with E-state index in [9.17, 15) is 0 Å². The molecular weight excluding hydrogens is 130 g/mol. The van der Waals surface area contributed by atoms with E-state index in [1.54, 1.807) is 18.6 Å². The SMILES string of the molecule is N[C@@H](CO)c1cnccn1. The van der Waals surface area contributed by atoms with Crippen LogP contribution >= 0.6 is 0 Å². The number of rotatable bonds is 2. The first-order valence-electron chi connectivity index (χ1n) is 2.97. The molecule has 0 fully saturated rings. The summed E-state index contributed by atoms with van der Waals surface area (Å²) in [7, 11) is 0. The molecule has 1 heterocycles. The monoisotopic (exact) mass is 139 g/mol. The maximum atomic E-state index is 8.60. The predicted molar refractivity (Wildman–Crippen MR) is 36.0 cm³/mol. The van der Waals surface area contributed by atoms with E-state index >= 15 is 0 Å². The van der Waals surface area contributed by atoms with Crippen molar-refractivity contribution in [2.24, 2.45) is 5.73 Å². The third kappa shape index (κ3) is 1.49. The van der Waals surface area contributed by atoms with Crippen LogP contribution in [0.1, 0.15) is 11.7 Å². The van der Waals surface area contributed by atoms with E-state index in [2.05, 4.69) is 9.97 Å². The fraction of sp³-hybridized carbons (Fsp3) is 0.333. The molecule has 1 atom stereocenters. The van der Waals surface area contributed by atoms with Gasteiger partial charge in [-0.15, -0.1) is 0 Å². The summed E-state index contributed by atoms with van der Waals surface area (Å²) in [4.78, 5) is 7.70. The summed E-state index contributed by atoms with van der Waals surface area (Å²) in [6.07, 6.45) is 4.65. The van der Waals surface area contributed by atoms with Crippen LogP contribution in [0.4, 0.5) is 0 Å². The average Bonchev–Trinajstić information content (AvgIpc) is 2.05. The zero-order valence-electron chi connectivity index (χ0n) is 5.44. The van der Waals surface area contributed by atoms with Crippen LogP contribution in [0.2, 0.25) is 0 Å². The van der Waals surface area contributed by atoms with Gasteiger partial charge in [0.1, 0.15) is 0 Å². The first kappa shape index (κ1) is 7.11. The van der Waals surface area contributed by atoms with E-state index in [1.807, 2.05) is 0 Å². The number of aliphatic hydroxyl groups is 1. The zero-order valence-corrected chi connectivity index (χ0v) is 5.44. The maximum absolute atomic E-state index is 8.60. The molecule has 0 radical (unpaired) electrons. The largest absolute Gasteiger partial charge is 0.394 e. The van der Waals surface area contributed by atoms with Crippen molar-refractivity contribution < 1.29 is 5.11 Å². The van der Waals surface area contributed by atoms with Crippen LogP contribution in [-0.2, 0) is 0 Å². The van der Waals surface area contributed by atoms with Gasteiger partial charge in [-0.3, -0.25) is 9.97 Å². The minimum absolute atomic E-state index is 0.0985. The van der Waals surface area contributed by atoms with Crippen molar-refractivity contribution in [3.8, 4) is 0 Å². The van der Waals surface area contributed by atoms with Crippen molar-refractivity contribution in [3.05, 3.63) is 24.3 Å². The highest BCUT2D eigenvalue weighted by atomic mass is 16.3. The lowest BCUT2D eigenvalue weighted by Gasteiger charge is -2.04. The Morgan fingerprint density at radius 1 is 1.60 bits per heavy atom. The van der Waals surface area contributed by atoms with Gasteiger partial charge < -0.3 is 10.8 Å². The van der Waals surface area contributed by atoms with Crippen molar-refractivity contribution in [2.45, 2.75) is 6.04 Å². The average molecular weight is 139 g/mol. The van der Waals surface area contributed by atoms with E-state index < -0.39 is 6.04 Å². The van der Waals surface area contributed by atoms with Crippen molar-refractivity contribution in [1.29, 1.82) is 0 Å². The third-order valence-corrected chi connectivity index (χ3v) is 1.16. The second-order valence-electron chi connectivity index (χ2n) is 1.92. The smallest absolute Gasteiger partial charge is 0.0777 e. The minimum atomic E-state index is -0.409. The van der Waals surface area contributed by atoms with Crippen LogP contribution in [-0.4, -0.2) is 21.7 Å². The molecule has 0 aliphatic heterocycles. The van der Waals surface area contributed by atoms with Crippen LogP contribution < -0.4 is 5.73 Å². The second-order valence-corrected chi connectivity index (χ2v) is 1.92. The number of aromatic nitrogens is 2. The van der Waals surface area contributed by atoms with Crippen molar-refractivity contribution in [3.63, 3.8) is 0 Å². The third-order valence-electron chi connectivity index (χ3n) is 1.16. The quantitative estimate of drug-likeness (QED) is 0.577. The molecule has 4 heteroatoms. The Morgan fingerprint density at radius 3 is 2.90 bits per heavy atom. The number of nitrogens with two attached hydrogens (primary N) is 1. The number of nitrogens with zero attached hydrogens (tertiary/aromatic N) is 2. The van der Waals surface area contributed by atoms with Gasteiger partial charge in [0, 0.05) is 12.4 Å². The highest BCUT2D eigenvalue weighted by Gasteiger charge is 2.03. The number of hydrogen-bond donors (Lipinski definition) is 2. The topological polar surface area (TPSA) is 72.0 Å². The normalized spacial score (nSPS) is 13.0. The summed E-state index contributed by atoms with van der Waals surface area (Å²) >= 11 is 0. The van der Waals surface area contributed by atoms with Gasteiger partial charge in [0.2, 0.25) is 0 Å². The lowest BCUT2D eigenvalue weighted by atomic mass is 10.2. The fourth-order valence-electron chi connectivity index (χ4n) is 0.596. The first-order chi connectivity index (χ1) is 4.84. The van der Waals surface area contributed by atoms with Gasteiger partial charge in [-0.25, -0.2) is 0 Å². The van der Waals surface area contributed by atoms with Gasteiger partial charge in [0.25, 0.3) is 0 Å². The maximum Gasteiger partial charge on any atom is 0.0777 e. The molecule has 0 saturated heterocycles. The van der Waals surface area contributed by atoms with Crippen LogP contribution in [0.3, 0.4) is 0 Å². The molecule has 54 valence electrons. The van der Waals surface area contributed by atoms with Gasteiger partial charge in [-0.05, 0) is 0 Å². The van der Waals surface area contributed by atoms with E-state index in [-0.39, 0.29) is 6.61 Å². The lowest BCUT2D eigenvalue weighted by Crippen LogP contribution is -2.15. The van der Waals surface area contributed by atoms with Gasteiger partial charge >= 0.3 is 0 Å². The summed E-state index contributed by atoms with van der Waals surface area (Å²) in [6.45, 7) is -0.0985. The fourth-order valence-corrected chi connectivity index (χ4v) is 0.596. The van der Waals surface area contributed by atoms with Gasteiger partial charge in [0.05, 0.1) is 24.5 Å². The summed E-state index contributed by atoms with van der Waals surface area (Å²) in [5, 5.41) is 8.60. The zero-order chi connectivity index (χ0) is 7.40. The highest BCUT2D eigenvalue weighted by molar-refractivity contribution is 5.00. The Labute approximate surface area is 58.7 Å². The molecule has 0 aromatic carbocycles. The van der Waals surface area contributed by atoms with E-state index in [0.717, 1.165) is 0 Å². The van der Waals surface area contributed by atoms with Gasteiger partial charge in [0.15, 0.2) is 0 Å². The Kier molecular flexibility index (Phi) is 2.30. The summed E-state index contributed by atoms with van der Waals surface area (Å²) in [5.41, 5.74) is 6.06. The Hall–Kier alpha value is -1.00. The molecule has 0 unspecified atom stereocenters. The highest BCUT2D eigenvalue weighted by Crippen LogP contribution is 2.01. The molecule has 1 aromatic heterocycles. The van der Waals surface area contributed by atoms with Crippen molar-refractivity contribution >= 4 is 0 Å². The molecule has 0 bridgehead atoms. The lowest BCUT2D eigenvalue weighted by molar-refractivity contribution is 0.265. The first-order valence-corrected chi connectivity index (χ1v) is 2.97. The number of hydrogen-bond acceptors (Lipinski definition) is 4. The Morgan fingerprint density at radius 2 is 2.40 bits per heavy atom. The minimum Gasteiger partial charge on any atom is -0.394 e. The summed E-state index contributed by atoms with van der Waals surface area (Å²) < 4.78 is 0. The van der Waals surface area contributed by atoms with Crippen LogP contribution in [0.25, 0.3) is 0 Å². The molecular formula is C6H9N3O. The standard InChI is InChI=1S/C6H9N3O/c7-5(4-10)6-3-8-1-2-9-6/h1-3,5,10H,4,7H2/t5-/m0/s1. The van der Waals surface area contributed by atoms with Crippen LogP contribution in [0, 0.1) is 0 Å². The molecule has 1 rings (SSSR count). The molecule has 1 aromatic rings. The molecule has 0 spiro atoms. The molecule has 0 aliphatic rings. The Balaban J connectivity index is 2.75.